The van der Waals surface area contributed by atoms with E-state index in [-0.39, 0.29) is 0 Å². The van der Waals surface area contributed by atoms with Crippen molar-refractivity contribution in [2.45, 2.75) is 40.0 Å². The molecule has 0 saturated carbocycles. The van der Waals surface area contributed by atoms with Crippen molar-refractivity contribution < 1.29 is 4.48 Å². The zero-order valence-electron chi connectivity index (χ0n) is 10.9. The quantitative estimate of drug-likeness (QED) is 0.453. The van der Waals surface area contributed by atoms with Gasteiger partial charge in [-0.15, -0.1) is 0 Å². The summed E-state index contributed by atoms with van der Waals surface area (Å²) in [5, 5.41) is 0. The minimum absolute atomic E-state index is 0.864. The van der Waals surface area contributed by atoms with Crippen molar-refractivity contribution in [2.24, 2.45) is 5.92 Å². The molecule has 1 heteroatoms. The second-order valence-corrected chi connectivity index (χ2v) is 5.77. The van der Waals surface area contributed by atoms with E-state index in [1.54, 1.807) is 0 Å². The van der Waals surface area contributed by atoms with Crippen LogP contribution >= 0.6 is 0 Å². The molecule has 0 unspecified atom stereocenters. The van der Waals surface area contributed by atoms with Crippen molar-refractivity contribution in [3.63, 3.8) is 0 Å². The van der Waals surface area contributed by atoms with Gasteiger partial charge in [-0.3, -0.25) is 0 Å². The van der Waals surface area contributed by atoms with E-state index >= 15 is 0 Å². The summed E-state index contributed by atoms with van der Waals surface area (Å²) >= 11 is 0. The molecule has 1 nitrogen and oxygen atoms in total. The van der Waals surface area contributed by atoms with Crippen molar-refractivity contribution in [1.29, 1.82) is 0 Å². The third-order valence-corrected chi connectivity index (χ3v) is 2.50. The summed E-state index contributed by atoms with van der Waals surface area (Å²) in [7, 11) is 6.80. The second kappa shape index (κ2) is 6.23. The molecule has 0 aliphatic rings. The number of hydrogen-bond donors (Lipinski definition) is 0. The molecule has 0 heterocycles. The predicted octanol–water partition coefficient (Wildman–Crippen LogP) is 3.47. The van der Waals surface area contributed by atoms with Gasteiger partial charge in [0.25, 0.3) is 0 Å². The molecule has 0 aromatic heterocycles. The van der Waals surface area contributed by atoms with Crippen LogP contribution in [0.2, 0.25) is 0 Å². The lowest BCUT2D eigenvalue weighted by molar-refractivity contribution is -0.870. The van der Waals surface area contributed by atoms with Gasteiger partial charge in [0.1, 0.15) is 0 Å². The summed E-state index contributed by atoms with van der Waals surface area (Å²) in [6.45, 7) is 8.01. The molecule has 84 valence electrons. The maximum absolute atomic E-state index is 2.37. The molecule has 0 radical (unpaired) electrons. The van der Waals surface area contributed by atoms with Crippen LogP contribution in [0.4, 0.5) is 0 Å². The number of hydrogen-bond acceptors (Lipinski definition) is 0. The maximum Gasteiger partial charge on any atom is 0.0783 e. The number of rotatable bonds is 6. The van der Waals surface area contributed by atoms with Crippen LogP contribution in [0.5, 0.6) is 0 Å². The Morgan fingerprint density at radius 2 is 1.71 bits per heavy atom. The Morgan fingerprint density at radius 1 is 1.14 bits per heavy atom. The molecule has 14 heavy (non-hydrogen) atoms. The van der Waals surface area contributed by atoms with E-state index in [2.05, 4.69) is 48.0 Å². The fraction of sp³-hybridized carbons (Fsp3) is 0.846. The molecular weight excluding hydrogens is 170 g/mol. The van der Waals surface area contributed by atoms with E-state index < -0.39 is 0 Å². The Hall–Kier alpha value is -0.300. The van der Waals surface area contributed by atoms with Crippen molar-refractivity contribution in [1.82, 2.24) is 0 Å². The van der Waals surface area contributed by atoms with Gasteiger partial charge in [-0.1, -0.05) is 18.6 Å². The highest BCUT2D eigenvalue weighted by Crippen LogP contribution is 2.13. The summed E-state index contributed by atoms with van der Waals surface area (Å²) < 4.78 is 1.09. The fourth-order valence-corrected chi connectivity index (χ4v) is 1.41. The summed E-state index contributed by atoms with van der Waals surface area (Å²) in [4.78, 5) is 0. The van der Waals surface area contributed by atoms with E-state index in [1.807, 2.05) is 0 Å². The minimum atomic E-state index is 0.864. The highest BCUT2D eigenvalue weighted by atomic mass is 15.3. The number of quaternary nitrogens is 1. The zero-order chi connectivity index (χ0) is 11.2. The Kier molecular flexibility index (Phi) is 6.10. The molecule has 1 atom stereocenters. The smallest absolute Gasteiger partial charge is 0.0783 e. The van der Waals surface area contributed by atoms with Gasteiger partial charge in [0.2, 0.25) is 0 Å². The van der Waals surface area contributed by atoms with Crippen LogP contribution in [-0.2, 0) is 0 Å². The molecule has 0 rings (SSSR count). The Morgan fingerprint density at radius 3 is 2.14 bits per heavy atom. The van der Waals surface area contributed by atoms with Gasteiger partial charge in [-0.2, -0.15) is 0 Å². The molecule has 0 amide bonds. The highest BCUT2D eigenvalue weighted by Gasteiger charge is 2.09. The number of allylic oxidation sites excluding steroid dienone is 2. The fourth-order valence-electron chi connectivity index (χ4n) is 1.41. The molecule has 0 aliphatic heterocycles. The van der Waals surface area contributed by atoms with Crippen molar-refractivity contribution in [3.8, 4) is 0 Å². The SMILES string of the molecule is CC(C)=CCC[C@H](C)CC[N+](C)(C)C. The molecule has 0 aliphatic carbocycles. The Balaban J connectivity index is 3.56. The topological polar surface area (TPSA) is 0 Å². The van der Waals surface area contributed by atoms with E-state index in [9.17, 15) is 0 Å². The first kappa shape index (κ1) is 13.7. The van der Waals surface area contributed by atoms with Crippen molar-refractivity contribution in [2.75, 3.05) is 27.7 Å². The van der Waals surface area contributed by atoms with E-state index in [0.29, 0.717) is 0 Å². The average molecular weight is 198 g/mol. The standard InChI is InChI=1S/C13H28N/c1-12(2)8-7-9-13(3)10-11-14(4,5)6/h8,13H,7,9-11H2,1-6H3/q+1/t13-/m0/s1. The third-order valence-electron chi connectivity index (χ3n) is 2.50. The summed E-state index contributed by atoms with van der Waals surface area (Å²) in [6, 6.07) is 0. The molecule has 0 aromatic rings. The zero-order valence-corrected chi connectivity index (χ0v) is 10.9. The molecule has 0 bridgehead atoms. The monoisotopic (exact) mass is 198 g/mol. The first-order chi connectivity index (χ1) is 6.31. The van der Waals surface area contributed by atoms with Crippen LogP contribution in [0.3, 0.4) is 0 Å². The minimum Gasteiger partial charge on any atom is -0.331 e. The van der Waals surface area contributed by atoms with Crippen LogP contribution in [0.15, 0.2) is 11.6 Å². The van der Waals surface area contributed by atoms with Crippen LogP contribution in [-0.4, -0.2) is 32.2 Å². The van der Waals surface area contributed by atoms with Crippen molar-refractivity contribution in [3.05, 3.63) is 11.6 Å². The van der Waals surface area contributed by atoms with Crippen molar-refractivity contribution >= 4 is 0 Å². The molecule has 0 aromatic carbocycles. The van der Waals surface area contributed by atoms with Crippen LogP contribution in [0, 0.1) is 5.92 Å². The molecular formula is C13H28N+. The van der Waals surface area contributed by atoms with Gasteiger partial charge in [-0.05, 0) is 39.0 Å². The highest BCUT2D eigenvalue weighted by molar-refractivity contribution is 4.92. The largest absolute Gasteiger partial charge is 0.331 e. The van der Waals surface area contributed by atoms with Gasteiger partial charge in [0, 0.05) is 0 Å². The summed E-state index contributed by atoms with van der Waals surface area (Å²) in [5.74, 6) is 0.864. The summed E-state index contributed by atoms with van der Waals surface area (Å²) in [5.41, 5.74) is 1.45. The molecule has 0 fully saturated rings. The maximum atomic E-state index is 2.37. The van der Waals surface area contributed by atoms with Gasteiger partial charge >= 0.3 is 0 Å². The second-order valence-electron chi connectivity index (χ2n) is 5.77. The number of nitrogens with zero attached hydrogens (tertiary/aromatic N) is 1. The third kappa shape index (κ3) is 9.79. The Labute approximate surface area is 90.4 Å². The normalized spacial score (nSPS) is 13.9. The lowest BCUT2D eigenvalue weighted by Gasteiger charge is -2.25. The van der Waals surface area contributed by atoms with Crippen LogP contribution in [0.25, 0.3) is 0 Å². The van der Waals surface area contributed by atoms with E-state index in [0.717, 1.165) is 10.4 Å². The lowest BCUT2D eigenvalue weighted by Crippen LogP contribution is -2.36. The Bertz CT molecular complexity index is 170. The van der Waals surface area contributed by atoms with E-state index in [1.165, 1.54) is 31.4 Å². The van der Waals surface area contributed by atoms with Gasteiger partial charge in [-0.25, -0.2) is 0 Å². The molecule has 0 spiro atoms. The van der Waals surface area contributed by atoms with Gasteiger partial charge < -0.3 is 4.48 Å². The van der Waals surface area contributed by atoms with E-state index in [4.69, 9.17) is 0 Å². The lowest BCUT2D eigenvalue weighted by atomic mass is 10.0. The van der Waals surface area contributed by atoms with Gasteiger partial charge in [0.05, 0.1) is 27.7 Å². The predicted molar refractivity (Wildman–Crippen MR) is 65.3 cm³/mol. The van der Waals surface area contributed by atoms with Gasteiger partial charge in [0.15, 0.2) is 0 Å². The molecule has 0 saturated heterocycles. The van der Waals surface area contributed by atoms with Crippen LogP contribution in [0.1, 0.15) is 40.0 Å². The summed E-state index contributed by atoms with van der Waals surface area (Å²) in [6.07, 6.45) is 6.29. The average Bonchev–Trinajstić information content (AvgIpc) is 1.99. The molecule has 0 N–H and O–H groups in total. The first-order valence-electron chi connectivity index (χ1n) is 5.75. The van der Waals surface area contributed by atoms with Crippen LogP contribution < -0.4 is 0 Å². The first-order valence-corrected chi connectivity index (χ1v) is 5.75.